The van der Waals surface area contributed by atoms with Crippen LogP contribution in [0.15, 0.2) is 48.5 Å². The van der Waals surface area contributed by atoms with E-state index in [0.717, 1.165) is 0 Å². The Kier molecular flexibility index (Phi) is 6.85. The van der Waals surface area contributed by atoms with Gasteiger partial charge < -0.3 is 19.5 Å². The number of ether oxygens (including phenoxy) is 3. The molecule has 5 heteroatoms. The number of rotatable bonds is 9. The van der Waals surface area contributed by atoms with Crippen molar-refractivity contribution in [1.82, 2.24) is 5.32 Å². The van der Waals surface area contributed by atoms with E-state index in [4.69, 9.17) is 14.2 Å². The minimum absolute atomic E-state index is 0.0765. The van der Waals surface area contributed by atoms with Crippen LogP contribution in [0.2, 0.25) is 0 Å². The third-order valence-corrected chi connectivity index (χ3v) is 4.54. The molecule has 0 radical (unpaired) electrons. The van der Waals surface area contributed by atoms with E-state index < -0.39 is 6.09 Å². The van der Waals surface area contributed by atoms with Gasteiger partial charge in [-0.1, -0.05) is 48.5 Å². The summed E-state index contributed by atoms with van der Waals surface area (Å²) in [6.07, 6.45) is -0.216. The van der Waals surface area contributed by atoms with Crippen LogP contribution in [0.1, 0.15) is 30.9 Å². The van der Waals surface area contributed by atoms with Gasteiger partial charge >= 0.3 is 6.09 Å². The second-order valence-corrected chi connectivity index (χ2v) is 6.78. The molecule has 0 heterocycles. The minimum atomic E-state index is -0.418. The predicted octanol–water partition coefficient (Wildman–Crippen LogP) is 3.97. The normalized spacial score (nSPS) is 12.7. The maximum absolute atomic E-state index is 12.0. The Bertz CT molecular complexity index is 714. The van der Waals surface area contributed by atoms with Crippen LogP contribution in [0, 0.1) is 0 Å². The number of hydrogen-bond acceptors (Lipinski definition) is 4. The highest BCUT2D eigenvalue weighted by molar-refractivity contribution is 5.79. The van der Waals surface area contributed by atoms with E-state index in [1.165, 1.54) is 22.3 Å². The Balaban J connectivity index is 1.43. The Hall–Kier alpha value is -2.37. The van der Waals surface area contributed by atoms with E-state index in [1.54, 1.807) is 0 Å². The quantitative estimate of drug-likeness (QED) is 0.680. The molecule has 1 N–H and O–H groups in total. The smallest absolute Gasteiger partial charge is 0.407 e. The lowest BCUT2D eigenvalue weighted by Crippen LogP contribution is -2.29. The molecule has 0 fully saturated rings. The molecule has 0 aromatic heterocycles. The summed E-state index contributed by atoms with van der Waals surface area (Å²) in [7, 11) is 0. The van der Waals surface area contributed by atoms with Gasteiger partial charge in [0.15, 0.2) is 0 Å². The standard InChI is InChI=1S/C22H27NO4/c1-16(2)26-14-13-25-12-11-23-22(24)27-15-21-19-9-5-3-7-17(19)18-8-4-6-10-20(18)21/h3-10,16,21H,11-15H2,1-2H3,(H,23,24). The van der Waals surface area contributed by atoms with Crippen molar-refractivity contribution in [1.29, 1.82) is 0 Å². The van der Waals surface area contributed by atoms with Crippen molar-refractivity contribution in [2.75, 3.05) is 33.0 Å². The predicted molar refractivity (Wildman–Crippen MR) is 105 cm³/mol. The molecule has 0 spiro atoms. The van der Waals surface area contributed by atoms with Gasteiger partial charge in [0, 0.05) is 12.5 Å². The summed E-state index contributed by atoms with van der Waals surface area (Å²) in [5.74, 6) is 0.0765. The van der Waals surface area contributed by atoms with Crippen LogP contribution in [0.3, 0.4) is 0 Å². The van der Waals surface area contributed by atoms with Gasteiger partial charge in [0.25, 0.3) is 0 Å². The summed E-state index contributed by atoms with van der Waals surface area (Å²) in [5, 5.41) is 2.73. The average Bonchev–Trinajstić information content (AvgIpc) is 2.99. The van der Waals surface area contributed by atoms with Gasteiger partial charge in [-0.25, -0.2) is 4.79 Å². The fourth-order valence-corrected chi connectivity index (χ4v) is 3.32. The summed E-state index contributed by atoms with van der Waals surface area (Å²) >= 11 is 0. The third-order valence-electron chi connectivity index (χ3n) is 4.54. The summed E-state index contributed by atoms with van der Waals surface area (Å²) < 4.78 is 16.3. The maximum Gasteiger partial charge on any atom is 0.407 e. The van der Waals surface area contributed by atoms with E-state index in [9.17, 15) is 4.79 Å². The molecule has 27 heavy (non-hydrogen) atoms. The van der Waals surface area contributed by atoms with Gasteiger partial charge in [-0.15, -0.1) is 0 Å². The molecule has 2 aromatic rings. The average molecular weight is 369 g/mol. The maximum atomic E-state index is 12.0. The summed E-state index contributed by atoms with van der Waals surface area (Å²) in [6, 6.07) is 16.6. The van der Waals surface area contributed by atoms with E-state index in [-0.39, 0.29) is 12.0 Å². The van der Waals surface area contributed by atoms with E-state index in [1.807, 2.05) is 38.1 Å². The summed E-state index contributed by atoms with van der Waals surface area (Å²) in [5.41, 5.74) is 4.86. The fourth-order valence-electron chi connectivity index (χ4n) is 3.32. The molecule has 5 nitrogen and oxygen atoms in total. The zero-order valence-electron chi connectivity index (χ0n) is 15.9. The fraction of sp³-hybridized carbons (Fsp3) is 0.409. The Morgan fingerprint density at radius 1 is 0.963 bits per heavy atom. The molecule has 2 aromatic carbocycles. The first-order valence-corrected chi connectivity index (χ1v) is 9.45. The van der Waals surface area contributed by atoms with Crippen molar-refractivity contribution >= 4 is 6.09 Å². The lowest BCUT2D eigenvalue weighted by Gasteiger charge is -2.14. The molecule has 0 bridgehead atoms. The Morgan fingerprint density at radius 2 is 1.59 bits per heavy atom. The number of carbonyl (C=O) groups excluding carboxylic acids is 1. The Labute approximate surface area is 160 Å². The summed E-state index contributed by atoms with van der Waals surface area (Å²) in [6.45, 7) is 6.22. The third kappa shape index (κ3) is 5.08. The van der Waals surface area contributed by atoms with Crippen molar-refractivity contribution in [3.05, 3.63) is 59.7 Å². The highest BCUT2D eigenvalue weighted by Gasteiger charge is 2.28. The van der Waals surface area contributed by atoms with Crippen molar-refractivity contribution < 1.29 is 19.0 Å². The molecule has 144 valence electrons. The lowest BCUT2D eigenvalue weighted by atomic mass is 9.98. The number of benzene rings is 2. The number of carbonyl (C=O) groups is 1. The van der Waals surface area contributed by atoms with E-state index in [0.29, 0.717) is 33.0 Å². The largest absolute Gasteiger partial charge is 0.449 e. The number of amides is 1. The molecular formula is C22H27NO4. The number of alkyl carbamates (subject to hydrolysis) is 1. The van der Waals surface area contributed by atoms with Gasteiger partial charge in [-0.3, -0.25) is 0 Å². The van der Waals surface area contributed by atoms with Crippen LogP contribution < -0.4 is 5.32 Å². The highest BCUT2D eigenvalue weighted by Crippen LogP contribution is 2.44. The molecule has 3 rings (SSSR count). The second kappa shape index (κ2) is 9.53. The first kappa shape index (κ1) is 19.4. The topological polar surface area (TPSA) is 56.8 Å². The summed E-state index contributed by atoms with van der Waals surface area (Å²) in [4.78, 5) is 12.0. The van der Waals surface area contributed by atoms with Crippen LogP contribution in [-0.4, -0.2) is 45.2 Å². The molecule has 0 saturated carbocycles. The van der Waals surface area contributed by atoms with Gasteiger partial charge in [-0.05, 0) is 36.1 Å². The van der Waals surface area contributed by atoms with Gasteiger partial charge in [0.1, 0.15) is 6.61 Å². The molecule has 0 atom stereocenters. The zero-order chi connectivity index (χ0) is 19.1. The van der Waals surface area contributed by atoms with E-state index >= 15 is 0 Å². The lowest BCUT2D eigenvalue weighted by molar-refractivity contribution is 0.0203. The SMILES string of the molecule is CC(C)OCCOCCNC(=O)OCC1c2ccccc2-c2ccccc21. The van der Waals surface area contributed by atoms with Crippen molar-refractivity contribution in [3.63, 3.8) is 0 Å². The molecule has 1 amide bonds. The van der Waals surface area contributed by atoms with Crippen LogP contribution in [-0.2, 0) is 14.2 Å². The molecule has 0 unspecified atom stereocenters. The van der Waals surface area contributed by atoms with Crippen LogP contribution in [0.25, 0.3) is 11.1 Å². The van der Waals surface area contributed by atoms with Crippen molar-refractivity contribution in [2.45, 2.75) is 25.9 Å². The highest BCUT2D eigenvalue weighted by atomic mass is 16.6. The van der Waals surface area contributed by atoms with Crippen LogP contribution >= 0.6 is 0 Å². The number of hydrogen-bond donors (Lipinski definition) is 1. The monoisotopic (exact) mass is 369 g/mol. The van der Waals surface area contributed by atoms with Gasteiger partial charge in [0.2, 0.25) is 0 Å². The van der Waals surface area contributed by atoms with E-state index in [2.05, 4.69) is 29.6 Å². The molecular weight excluding hydrogens is 342 g/mol. The minimum Gasteiger partial charge on any atom is -0.449 e. The second-order valence-electron chi connectivity index (χ2n) is 6.78. The van der Waals surface area contributed by atoms with Gasteiger partial charge in [-0.2, -0.15) is 0 Å². The first-order chi connectivity index (χ1) is 13.2. The van der Waals surface area contributed by atoms with Gasteiger partial charge in [0.05, 0.1) is 25.9 Å². The molecule has 1 aliphatic carbocycles. The van der Waals surface area contributed by atoms with Crippen molar-refractivity contribution in [2.24, 2.45) is 0 Å². The Morgan fingerprint density at radius 3 is 2.22 bits per heavy atom. The molecule has 0 aliphatic heterocycles. The molecule has 1 aliphatic rings. The van der Waals surface area contributed by atoms with Crippen LogP contribution in [0.4, 0.5) is 4.79 Å². The van der Waals surface area contributed by atoms with Crippen molar-refractivity contribution in [3.8, 4) is 11.1 Å². The number of fused-ring (bicyclic) bond motifs is 3. The molecule has 0 saturated heterocycles. The van der Waals surface area contributed by atoms with Crippen LogP contribution in [0.5, 0.6) is 0 Å². The first-order valence-electron chi connectivity index (χ1n) is 9.45. The number of nitrogens with one attached hydrogen (secondary N) is 1. The zero-order valence-corrected chi connectivity index (χ0v) is 15.9.